The Kier molecular flexibility index (Phi) is 7.17. The predicted molar refractivity (Wildman–Crippen MR) is 94.0 cm³/mol. The fourth-order valence-corrected chi connectivity index (χ4v) is 4.41. The van der Waals surface area contributed by atoms with Gasteiger partial charge in [-0.3, -0.25) is 4.99 Å². The minimum Gasteiger partial charge on any atom is -0.370 e. The summed E-state index contributed by atoms with van der Waals surface area (Å²) >= 11 is 2.01. The molecule has 2 saturated heterocycles. The highest BCUT2D eigenvalue weighted by Crippen LogP contribution is 2.21. The zero-order valence-electron chi connectivity index (χ0n) is 13.8. The zero-order valence-corrected chi connectivity index (χ0v) is 14.6. The van der Waals surface area contributed by atoms with Gasteiger partial charge in [-0.15, -0.1) is 0 Å². The van der Waals surface area contributed by atoms with Crippen molar-refractivity contribution >= 4 is 17.7 Å². The number of unbranched alkanes of at least 4 members (excludes halogenated alkanes) is 1. The lowest BCUT2D eigenvalue weighted by atomic mass is 9.92. The Morgan fingerprint density at radius 2 is 1.81 bits per heavy atom. The lowest BCUT2D eigenvalue weighted by Gasteiger charge is -2.34. The van der Waals surface area contributed by atoms with Crippen LogP contribution in [0.2, 0.25) is 0 Å². The first-order chi connectivity index (χ1) is 10.1. The second-order valence-corrected chi connectivity index (χ2v) is 7.98. The van der Waals surface area contributed by atoms with Crippen LogP contribution in [-0.4, -0.2) is 66.5 Å². The third-order valence-electron chi connectivity index (χ3n) is 4.44. The van der Waals surface area contributed by atoms with Gasteiger partial charge in [-0.2, -0.15) is 11.8 Å². The van der Waals surface area contributed by atoms with E-state index in [0.29, 0.717) is 0 Å². The van der Waals surface area contributed by atoms with E-state index in [4.69, 9.17) is 5.73 Å². The Morgan fingerprint density at radius 3 is 2.48 bits per heavy atom. The van der Waals surface area contributed by atoms with Crippen molar-refractivity contribution < 1.29 is 0 Å². The smallest absolute Gasteiger partial charge is 0.191 e. The SMILES string of the molecule is CC1CC(C)CN(CCCCN=C(N)N2CCSCC2)C1. The van der Waals surface area contributed by atoms with Crippen LogP contribution in [-0.2, 0) is 0 Å². The van der Waals surface area contributed by atoms with Gasteiger partial charge in [0.1, 0.15) is 0 Å². The molecular formula is C16H32N4S. The topological polar surface area (TPSA) is 44.9 Å². The van der Waals surface area contributed by atoms with E-state index in [2.05, 4.69) is 28.6 Å². The van der Waals surface area contributed by atoms with E-state index in [0.717, 1.165) is 43.9 Å². The molecule has 0 radical (unpaired) electrons. The summed E-state index contributed by atoms with van der Waals surface area (Å²) in [4.78, 5) is 9.41. The maximum absolute atomic E-state index is 6.07. The van der Waals surface area contributed by atoms with Gasteiger partial charge < -0.3 is 15.5 Å². The second kappa shape index (κ2) is 8.89. The normalized spacial score (nSPS) is 28.9. The highest BCUT2D eigenvalue weighted by Gasteiger charge is 2.20. The largest absolute Gasteiger partial charge is 0.370 e. The maximum Gasteiger partial charge on any atom is 0.191 e. The van der Waals surface area contributed by atoms with E-state index in [9.17, 15) is 0 Å². The molecule has 5 heteroatoms. The number of hydrogen-bond acceptors (Lipinski definition) is 3. The first-order valence-electron chi connectivity index (χ1n) is 8.50. The average molecular weight is 313 g/mol. The minimum absolute atomic E-state index is 0.760. The lowest BCUT2D eigenvalue weighted by Crippen LogP contribution is -2.42. The van der Waals surface area contributed by atoms with Gasteiger partial charge in [0.2, 0.25) is 0 Å². The van der Waals surface area contributed by atoms with E-state index >= 15 is 0 Å². The van der Waals surface area contributed by atoms with Crippen LogP contribution in [0, 0.1) is 11.8 Å². The van der Waals surface area contributed by atoms with Crippen LogP contribution in [0.3, 0.4) is 0 Å². The lowest BCUT2D eigenvalue weighted by molar-refractivity contribution is 0.139. The number of piperidine rings is 1. The van der Waals surface area contributed by atoms with Crippen molar-refractivity contribution in [2.75, 3.05) is 50.8 Å². The van der Waals surface area contributed by atoms with Crippen LogP contribution >= 0.6 is 11.8 Å². The summed E-state index contributed by atoms with van der Waals surface area (Å²) in [5.41, 5.74) is 6.07. The Bertz CT molecular complexity index is 318. The van der Waals surface area contributed by atoms with Crippen molar-refractivity contribution in [1.29, 1.82) is 0 Å². The van der Waals surface area contributed by atoms with Gasteiger partial charge in [0.25, 0.3) is 0 Å². The van der Waals surface area contributed by atoms with E-state index < -0.39 is 0 Å². The van der Waals surface area contributed by atoms with Gasteiger partial charge in [0.15, 0.2) is 5.96 Å². The molecule has 4 nitrogen and oxygen atoms in total. The molecule has 0 amide bonds. The van der Waals surface area contributed by atoms with Crippen molar-refractivity contribution in [3.8, 4) is 0 Å². The molecule has 2 aliphatic rings. The minimum atomic E-state index is 0.760. The Morgan fingerprint density at radius 1 is 1.14 bits per heavy atom. The number of nitrogens with zero attached hydrogens (tertiary/aromatic N) is 3. The number of likely N-dealkylation sites (tertiary alicyclic amines) is 1. The van der Waals surface area contributed by atoms with Crippen molar-refractivity contribution in [2.45, 2.75) is 33.1 Å². The van der Waals surface area contributed by atoms with E-state index in [1.54, 1.807) is 0 Å². The number of thioether (sulfide) groups is 1. The first kappa shape index (κ1) is 16.9. The number of rotatable bonds is 5. The number of guanidine groups is 1. The molecular weight excluding hydrogens is 280 g/mol. The standard InChI is InChI=1S/C16H32N4S/c1-14-11-15(2)13-19(12-14)6-4-3-5-18-16(17)20-7-9-21-10-8-20/h14-15H,3-13H2,1-2H3,(H2,17,18). The van der Waals surface area contributed by atoms with E-state index in [1.807, 2.05) is 11.8 Å². The average Bonchev–Trinajstić information content (AvgIpc) is 2.46. The van der Waals surface area contributed by atoms with Crippen LogP contribution in [0.5, 0.6) is 0 Å². The monoisotopic (exact) mass is 312 g/mol. The number of nitrogens with two attached hydrogens (primary N) is 1. The molecule has 2 unspecified atom stereocenters. The summed E-state index contributed by atoms with van der Waals surface area (Å²) in [6.07, 6.45) is 3.79. The molecule has 0 aliphatic carbocycles. The van der Waals surface area contributed by atoms with Crippen LogP contribution in [0.15, 0.2) is 4.99 Å². The predicted octanol–water partition coefficient (Wildman–Crippen LogP) is 2.11. The summed E-state index contributed by atoms with van der Waals surface area (Å²) in [5.74, 6) is 4.85. The fourth-order valence-electron chi connectivity index (χ4n) is 3.51. The maximum atomic E-state index is 6.07. The molecule has 0 aromatic rings. The van der Waals surface area contributed by atoms with Crippen molar-refractivity contribution in [2.24, 2.45) is 22.6 Å². The van der Waals surface area contributed by atoms with Crippen molar-refractivity contribution in [1.82, 2.24) is 9.80 Å². The summed E-state index contributed by atoms with van der Waals surface area (Å²) in [5, 5.41) is 0. The van der Waals surface area contributed by atoms with E-state index in [-0.39, 0.29) is 0 Å². The quantitative estimate of drug-likeness (QED) is 0.480. The van der Waals surface area contributed by atoms with Gasteiger partial charge in [0.05, 0.1) is 0 Å². The second-order valence-electron chi connectivity index (χ2n) is 6.75. The molecule has 2 N–H and O–H groups in total. The van der Waals surface area contributed by atoms with Gasteiger partial charge in [-0.1, -0.05) is 13.8 Å². The van der Waals surface area contributed by atoms with Crippen LogP contribution in [0.25, 0.3) is 0 Å². The summed E-state index contributed by atoms with van der Waals surface area (Å²) in [6, 6.07) is 0. The molecule has 2 heterocycles. The van der Waals surface area contributed by atoms with Crippen LogP contribution in [0.4, 0.5) is 0 Å². The third-order valence-corrected chi connectivity index (χ3v) is 5.38. The number of hydrogen-bond donors (Lipinski definition) is 1. The molecule has 2 rings (SSSR count). The molecule has 2 aliphatic heterocycles. The molecule has 21 heavy (non-hydrogen) atoms. The van der Waals surface area contributed by atoms with Gasteiger partial charge in [-0.25, -0.2) is 0 Å². The Balaban J connectivity index is 1.58. The van der Waals surface area contributed by atoms with Gasteiger partial charge >= 0.3 is 0 Å². The van der Waals surface area contributed by atoms with Crippen molar-refractivity contribution in [3.05, 3.63) is 0 Å². The molecule has 0 saturated carbocycles. The Hall–Kier alpha value is -0.420. The summed E-state index contributed by atoms with van der Waals surface area (Å²) in [6.45, 7) is 11.5. The van der Waals surface area contributed by atoms with E-state index in [1.165, 1.54) is 44.0 Å². The molecule has 0 bridgehead atoms. The molecule has 2 fully saturated rings. The van der Waals surface area contributed by atoms with Crippen LogP contribution < -0.4 is 5.73 Å². The highest BCUT2D eigenvalue weighted by atomic mass is 32.2. The first-order valence-corrected chi connectivity index (χ1v) is 9.65. The molecule has 122 valence electrons. The van der Waals surface area contributed by atoms with Crippen LogP contribution in [0.1, 0.15) is 33.1 Å². The summed E-state index contributed by atoms with van der Waals surface area (Å²) < 4.78 is 0. The fraction of sp³-hybridized carbons (Fsp3) is 0.938. The third kappa shape index (κ3) is 6.07. The molecule has 2 atom stereocenters. The highest BCUT2D eigenvalue weighted by molar-refractivity contribution is 7.99. The van der Waals surface area contributed by atoms with Gasteiger partial charge in [0, 0.05) is 44.2 Å². The number of aliphatic imine (C=N–C) groups is 1. The Labute approximate surface area is 134 Å². The van der Waals surface area contributed by atoms with Crippen molar-refractivity contribution in [3.63, 3.8) is 0 Å². The molecule has 0 aromatic carbocycles. The summed E-state index contributed by atoms with van der Waals surface area (Å²) in [7, 11) is 0. The van der Waals surface area contributed by atoms with Gasteiger partial charge in [-0.05, 0) is 37.6 Å². The molecule has 0 spiro atoms. The zero-order chi connectivity index (χ0) is 15.1. The molecule has 0 aromatic heterocycles.